The van der Waals surface area contributed by atoms with Crippen molar-refractivity contribution < 1.29 is 37.4 Å². The molecule has 0 aromatic heterocycles. The number of carbonyl (C=O) groups is 3. The second-order valence-corrected chi connectivity index (χ2v) is 10.4. The molecule has 0 saturated carbocycles. The summed E-state index contributed by atoms with van der Waals surface area (Å²) in [6.07, 6.45) is 0.602. The predicted molar refractivity (Wildman–Crippen MR) is 154 cm³/mol. The first-order chi connectivity index (χ1) is 20.7. The van der Waals surface area contributed by atoms with Crippen LogP contribution in [0.3, 0.4) is 0 Å². The normalized spacial score (nSPS) is 19.6. The Labute approximate surface area is 247 Å². The van der Waals surface area contributed by atoms with E-state index in [1.54, 1.807) is 31.2 Å². The highest BCUT2D eigenvalue weighted by Crippen LogP contribution is 2.32. The number of para-hydroxylation sites is 1. The topological polar surface area (TPSA) is 118 Å². The highest BCUT2D eigenvalue weighted by atomic mass is 19.2. The zero-order valence-corrected chi connectivity index (χ0v) is 23.7. The zero-order valence-electron chi connectivity index (χ0n) is 23.7. The van der Waals surface area contributed by atoms with E-state index in [0.717, 1.165) is 17.7 Å². The van der Waals surface area contributed by atoms with Crippen molar-refractivity contribution in [1.82, 2.24) is 10.2 Å². The number of halogens is 2. The first-order valence-corrected chi connectivity index (χ1v) is 13.8. The Bertz CT molecular complexity index is 1520. The highest BCUT2D eigenvalue weighted by molar-refractivity contribution is 6.02. The van der Waals surface area contributed by atoms with Gasteiger partial charge in [-0.15, -0.1) is 0 Å². The van der Waals surface area contributed by atoms with Gasteiger partial charge in [-0.2, -0.15) is 0 Å². The summed E-state index contributed by atoms with van der Waals surface area (Å²) in [6.45, 7) is 0.500. The van der Waals surface area contributed by atoms with Crippen molar-refractivity contribution in [2.45, 2.75) is 44.1 Å². The molecule has 3 N–H and O–H groups in total. The summed E-state index contributed by atoms with van der Waals surface area (Å²) >= 11 is 0. The number of rotatable bonds is 7. The molecule has 2 heterocycles. The van der Waals surface area contributed by atoms with E-state index in [9.17, 15) is 23.2 Å². The van der Waals surface area contributed by atoms with Crippen LogP contribution in [0.2, 0.25) is 0 Å². The molecule has 5 rings (SSSR count). The number of ether oxygens (including phenoxy) is 3. The number of likely N-dealkylation sites (N-methyl/N-ethyl adjacent to an activating group) is 1. The summed E-state index contributed by atoms with van der Waals surface area (Å²) in [5, 5.41) is 7.93. The van der Waals surface area contributed by atoms with Crippen LogP contribution in [0.1, 0.15) is 35.2 Å². The van der Waals surface area contributed by atoms with Gasteiger partial charge in [-0.1, -0.05) is 18.2 Å². The van der Waals surface area contributed by atoms with E-state index in [-0.39, 0.29) is 48.2 Å². The number of nitrogens with zero attached hydrogens (tertiary/aromatic N) is 1. The maximum Gasteiger partial charge on any atom is 0.323 e. The minimum Gasteiger partial charge on any atom is -0.496 e. The maximum atomic E-state index is 13.5. The second kappa shape index (κ2) is 13.1. The van der Waals surface area contributed by atoms with Gasteiger partial charge in [0.1, 0.15) is 24.2 Å². The van der Waals surface area contributed by atoms with Gasteiger partial charge < -0.3 is 35.1 Å². The maximum absolute atomic E-state index is 13.5. The Balaban J connectivity index is 1.19. The first kappa shape index (κ1) is 29.8. The number of benzene rings is 3. The molecule has 2 aliphatic rings. The first-order valence-electron chi connectivity index (χ1n) is 13.8. The molecule has 3 aromatic carbocycles. The molecule has 0 bridgehead atoms. The average molecular weight is 595 g/mol. The number of anilines is 2. The van der Waals surface area contributed by atoms with Gasteiger partial charge >= 0.3 is 6.03 Å². The fourth-order valence-corrected chi connectivity index (χ4v) is 5.29. The van der Waals surface area contributed by atoms with E-state index in [1.165, 1.54) is 12.1 Å². The van der Waals surface area contributed by atoms with Crippen LogP contribution in [0, 0.1) is 11.6 Å². The second-order valence-electron chi connectivity index (χ2n) is 10.4. The molecule has 43 heavy (non-hydrogen) atoms. The molecule has 0 unspecified atom stereocenters. The number of fused-ring (bicyclic) bond motifs is 2. The quantitative estimate of drug-likeness (QED) is 0.365. The van der Waals surface area contributed by atoms with E-state index in [1.807, 2.05) is 24.3 Å². The molecule has 4 amide bonds. The summed E-state index contributed by atoms with van der Waals surface area (Å²) in [6, 6.07) is 14.1. The molecule has 3 atom stereocenters. The van der Waals surface area contributed by atoms with Crippen LogP contribution in [-0.2, 0) is 16.1 Å². The minimum atomic E-state index is -1.09. The van der Waals surface area contributed by atoms with Gasteiger partial charge in [-0.05, 0) is 49.2 Å². The molecule has 0 aliphatic carbocycles. The smallest absolute Gasteiger partial charge is 0.323 e. The van der Waals surface area contributed by atoms with Crippen LogP contribution < -0.4 is 25.4 Å². The molecule has 1 saturated heterocycles. The third kappa shape index (κ3) is 7.03. The summed E-state index contributed by atoms with van der Waals surface area (Å²) in [5.74, 6) is -1.56. The zero-order chi connectivity index (χ0) is 30.5. The largest absolute Gasteiger partial charge is 0.496 e. The van der Waals surface area contributed by atoms with E-state index < -0.39 is 23.8 Å². The molecule has 226 valence electrons. The average Bonchev–Trinajstić information content (AvgIpc) is 3.00. The summed E-state index contributed by atoms with van der Waals surface area (Å²) in [4.78, 5) is 40.2. The number of hydrogen-bond donors (Lipinski definition) is 3. The van der Waals surface area contributed by atoms with E-state index in [0.29, 0.717) is 36.6 Å². The van der Waals surface area contributed by atoms with Crippen molar-refractivity contribution in [2.24, 2.45) is 0 Å². The van der Waals surface area contributed by atoms with Gasteiger partial charge in [-0.25, -0.2) is 13.6 Å². The van der Waals surface area contributed by atoms with Crippen LogP contribution in [-0.4, -0.2) is 61.8 Å². The summed E-state index contributed by atoms with van der Waals surface area (Å²) < 4.78 is 44.2. The van der Waals surface area contributed by atoms with Crippen molar-refractivity contribution in [2.75, 3.05) is 31.4 Å². The van der Waals surface area contributed by atoms with Crippen molar-refractivity contribution in [1.29, 1.82) is 0 Å². The Kier molecular flexibility index (Phi) is 9.05. The minimum absolute atomic E-state index is 0.0670. The lowest BCUT2D eigenvalue weighted by atomic mass is 9.94. The standard InChI is InChI=1S/C31H32F2N4O6/c1-37-25-11-9-21(15-29(38)34-16-18-5-3-4-6-26(18)41-2)43-28(25)17-42-27-12-8-19(13-22(27)30(37)39)35-31(40)36-20-7-10-23(32)24(33)14-20/h3-8,10,12-14,21,25,28H,9,11,15-17H2,1-2H3,(H,34,38)(H2,35,36,40)/t21-,25+,28-/m0/s1. The van der Waals surface area contributed by atoms with Crippen molar-refractivity contribution >= 4 is 29.2 Å². The van der Waals surface area contributed by atoms with Crippen LogP contribution in [0.4, 0.5) is 25.0 Å². The SMILES string of the molecule is COc1ccccc1CNC(=O)C[C@@H]1CC[C@@H]2[C@H](COc3ccc(NC(=O)Nc4ccc(F)c(F)c4)cc3C(=O)N2C)O1. The summed E-state index contributed by atoms with van der Waals surface area (Å²) in [7, 11) is 3.27. The Hall–Kier alpha value is -4.71. The Morgan fingerprint density at radius 2 is 1.74 bits per heavy atom. The van der Waals surface area contributed by atoms with Gasteiger partial charge in [-0.3, -0.25) is 9.59 Å². The van der Waals surface area contributed by atoms with Crippen molar-refractivity contribution in [3.63, 3.8) is 0 Å². The summed E-state index contributed by atoms with van der Waals surface area (Å²) in [5.41, 5.74) is 1.50. The lowest BCUT2D eigenvalue weighted by Crippen LogP contribution is -2.53. The molecular weight excluding hydrogens is 562 g/mol. The van der Waals surface area contributed by atoms with Gasteiger partial charge in [0.25, 0.3) is 5.91 Å². The number of methoxy groups -OCH3 is 1. The number of carbonyl (C=O) groups excluding carboxylic acids is 3. The molecule has 3 aromatic rings. The number of amides is 4. The number of nitrogens with one attached hydrogen (secondary N) is 3. The highest BCUT2D eigenvalue weighted by Gasteiger charge is 2.39. The van der Waals surface area contributed by atoms with Gasteiger partial charge in [0.15, 0.2) is 11.6 Å². The third-order valence-corrected chi connectivity index (χ3v) is 7.53. The van der Waals surface area contributed by atoms with Crippen molar-refractivity contribution in [3.8, 4) is 11.5 Å². The molecule has 1 fully saturated rings. The van der Waals surface area contributed by atoms with E-state index in [2.05, 4.69) is 16.0 Å². The van der Waals surface area contributed by atoms with Crippen LogP contribution in [0.15, 0.2) is 60.7 Å². The fraction of sp³-hybridized carbons (Fsp3) is 0.323. The molecule has 12 heteroatoms. The molecule has 0 spiro atoms. The lowest BCUT2D eigenvalue weighted by molar-refractivity contribution is -0.134. The molecule has 0 radical (unpaired) electrons. The lowest BCUT2D eigenvalue weighted by Gasteiger charge is -2.42. The molecule has 10 nitrogen and oxygen atoms in total. The number of hydrogen-bond acceptors (Lipinski definition) is 6. The van der Waals surface area contributed by atoms with Gasteiger partial charge in [0, 0.05) is 36.6 Å². The monoisotopic (exact) mass is 594 g/mol. The molecule has 2 aliphatic heterocycles. The van der Waals surface area contributed by atoms with E-state index in [4.69, 9.17) is 14.2 Å². The van der Waals surface area contributed by atoms with Crippen molar-refractivity contribution in [3.05, 3.63) is 83.4 Å². The van der Waals surface area contributed by atoms with Crippen LogP contribution >= 0.6 is 0 Å². The Morgan fingerprint density at radius 1 is 1.00 bits per heavy atom. The van der Waals surface area contributed by atoms with Gasteiger partial charge in [0.2, 0.25) is 5.91 Å². The molecular formula is C31H32F2N4O6. The fourth-order valence-electron chi connectivity index (χ4n) is 5.29. The predicted octanol–water partition coefficient (Wildman–Crippen LogP) is 4.70. The third-order valence-electron chi connectivity index (χ3n) is 7.53. The Morgan fingerprint density at radius 3 is 2.51 bits per heavy atom. The van der Waals surface area contributed by atoms with Gasteiger partial charge in [0.05, 0.1) is 31.2 Å². The van der Waals surface area contributed by atoms with E-state index >= 15 is 0 Å². The van der Waals surface area contributed by atoms with Crippen LogP contribution in [0.25, 0.3) is 0 Å². The van der Waals surface area contributed by atoms with Crippen LogP contribution in [0.5, 0.6) is 11.5 Å². The number of urea groups is 1.